The Morgan fingerprint density at radius 2 is 0.723 bits per heavy atom. The molecule has 0 unspecified atom stereocenters. The maximum Gasteiger partial charge on any atom is 1.00 e. The van der Waals surface area contributed by atoms with Gasteiger partial charge < -0.3 is 47.9 Å². The van der Waals surface area contributed by atoms with Crippen molar-refractivity contribution in [2.45, 2.75) is 27.0 Å². The van der Waals surface area contributed by atoms with E-state index in [1.54, 1.807) is 0 Å². The van der Waals surface area contributed by atoms with Crippen molar-refractivity contribution < 1.29 is 242 Å². The molecular formula is C29H37Na5O21S10. The number of carbonyl (C=O) groups excluding carboxylic acids is 2. The first-order valence-corrected chi connectivity index (χ1v) is 25.9. The second-order valence-electron chi connectivity index (χ2n) is 9.31. The van der Waals surface area contributed by atoms with Crippen LogP contribution >= 0.6 is 59.7 Å². The van der Waals surface area contributed by atoms with Gasteiger partial charge in [0.1, 0.15) is 23.0 Å². The van der Waals surface area contributed by atoms with E-state index < -0.39 is 63.1 Å². The number of hydrogen-bond donors (Lipinski definition) is 5. The van der Waals surface area contributed by atoms with Crippen molar-refractivity contribution >= 4 is 123 Å². The van der Waals surface area contributed by atoms with Crippen LogP contribution in [0.15, 0.2) is 68.2 Å². The Balaban J connectivity index is -0.0000000991. The zero-order valence-electron chi connectivity index (χ0n) is 34.5. The summed E-state index contributed by atoms with van der Waals surface area (Å²) in [4.78, 5) is 21.4. The third-order valence-corrected chi connectivity index (χ3v) is 12.3. The average Bonchev–Trinajstić information content (AvgIpc) is 3.07. The van der Waals surface area contributed by atoms with Gasteiger partial charge in [0.25, 0.3) is 0 Å². The molecule has 0 radical (unpaired) electrons. The van der Waals surface area contributed by atoms with E-state index in [-0.39, 0.29) is 223 Å². The number of phenols is 4. The minimum Gasteiger partial charge on any atom is -0.748 e. The Hall–Kier alpha value is 2.18. The molecule has 0 fully saturated rings. The third kappa shape index (κ3) is 55.3. The molecule has 0 heterocycles. The Morgan fingerprint density at radius 1 is 0.508 bits per heavy atom. The van der Waals surface area contributed by atoms with Gasteiger partial charge in [-0.25, -0.2) is 25.3 Å². The predicted molar refractivity (Wildman–Crippen MR) is 225 cm³/mol. The van der Waals surface area contributed by atoms with Crippen LogP contribution in [-0.4, -0.2) is 142 Å². The summed E-state index contributed by atoms with van der Waals surface area (Å²) in [6, 6.07) is 5.70. The van der Waals surface area contributed by atoms with Crippen LogP contribution in [0.3, 0.4) is 0 Å². The molecule has 2 aromatic carbocycles. The largest absolute Gasteiger partial charge is 1.00 e. The molecule has 3 rings (SSSR count). The first-order chi connectivity index (χ1) is 27.0. The number of thioether (sulfide) groups is 4. The smallest absolute Gasteiger partial charge is 0.748 e. The number of allylic oxidation sites excluding steroid dienone is 4. The van der Waals surface area contributed by atoms with Crippen LogP contribution < -0.4 is 148 Å². The Morgan fingerprint density at radius 3 is 0.892 bits per heavy atom. The minimum atomic E-state index is -4.47. The number of aromatic hydroxyl groups is 4. The first kappa shape index (κ1) is 86.9. The van der Waals surface area contributed by atoms with Crippen LogP contribution in [0.1, 0.15) is 7.43 Å². The summed E-state index contributed by atoms with van der Waals surface area (Å²) < 4.78 is 145. The molecule has 0 spiro atoms. The number of thiol groups is 1. The van der Waals surface area contributed by atoms with Crippen LogP contribution in [0.4, 0.5) is 0 Å². The Labute approximate surface area is 514 Å². The monoisotopic (exact) mass is 1160 g/mol. The van der Waals surface area contributed by atoms with Gasteiger partial charge in [0, 0.05) is 34.5 Å². The molecule has 65 heavy (non-hydrogen) atoms. The van der Waals surface area contributed by atoms with Gasteiger partial charge in [-0.2, -0.15) is 36.2 Å². The normalized spacial score (nSPS) is 10.6. The zero-order valence-corrected chi connectivity index (χ0v) is 52.8. The van der Waals surface area contributed by atoms with Crippen LogP contribution in [0.25, 0.3) is 0 Å². The summed E-state index contributed by atoms with van der Waals surface area (Å²) in [6.07, 6.45) is 5.01. The molecule has 1 aliphatic rings. The molecule has 0 aliphatic heterocycles. The van der Waals surface area contributed by atoms with Crippen molar-refractivity contribution in [2.75, 3.05) is 46.0 Å². The number of carbonyl (C=O) groups is 2. The number of hydrogen-bond acceptors (Lipinski definition) is 26. The van der Waals surface area contributed by atoms with E-state index >= 15 is 0 Å². The van der Waals surface area contributed by atoms with Crippen LogP contribution in [0.2, 0.25) is 0 Å². The topological polar surface area (TPSA) is 389 Å². The quantitative estimate of drug-likeness (QED) is 0.0223. The van der Waals surface area contributed by atoms with Crippen LogP contribution in [-0.2, 0) is 61.2 Å². The van der Waals surface area contributed by atoms with E-state index in [0.29, 0.717) is 21.3 Å². The molecule has 2 aromatic rings. The van der Waals surface area contributed by atoms with Crippen molar-refractivity contribution in [2.24, 2.45) is 0 Å². The summed E-state index contributed by atoms with van der Waals surface area (Å²) in [7, 11) is -19.2. The minimum absolute atomic E-state index is 0. The fraction of sp³-hybridized carbons (Fsp3) is 0.310. The van der Waals surface area contributed by atoms with Gasteiger partial charge in [0.2, 0.25) is 0 Å². The van der Waals surface area contributed by atoms with Gasteiger partial charge in [-0.1, -0.05) is 7.43 Å². The molecule has 36 heteroatoms. The van der Waals surface area contributed by atoms with Crippen molar-refractivity contribution in [3.8, 4) is 23.0 Å². The first-order valence-electron chi connectivity index (χ1n) is 14.6. The van der Waals surface area contributed by atoms with E-state index in [9.17, 15) is 58.7 Å². The van der Waals surface area contributed by atoms with Crippen molar-refractivity contribution in [3.63, 3.8) is 0 Å². The summed E-state index contributed by atoms with van der Waals surface area (Å²) in [5, 5.41) is 38.7. The Kier molecular flexibility index (Phi) is 64.8. The second kappa shape index (κ2) is 48.4. The molecular weight excluding hydrogens is 1120 g/mol. The molecule has 1 aliphatic carbocycles. The van der Waals surface area contributed by atoms with E-state index in [4.69, 9.17) is 35.5 Å². The van der Waals surface area contributed by atoms with Gasteiger partial charge >= 0.3 is 169 Å². The molecule has 4 N–H and O–H groups in total. The zero-order chi connectivity index (χ0) is 46.6. The molecule has 0 amide bonds. The van der Waals surface area contributed by atoms with Crippen LogP contribution in [0, 0.1) is 13.8 Å². The SMILES string of the molecule is C.O=C1C=CC(=O)C=C1.O=S(=O)([O-])CCS.O=S(=O)=O.O=S(=O)=O.Oc1ccc(O)cc1.[CH2-]CSc1c(O)c(SCCS(=O)(=O)[O-])c(SCCS(=O)(=O)[O-])c(O)c1SC[CH2-].[Na+].[Na+].[Na+].[Na+].[Na+]. The molecule has 21 nitrogen and oxygen atoms in total. The fourth-order valence-electron chi connectivity index (χ4n) is 2.87. The molecule has 0 saturated heterocycles. The van der Waals surface area contributed by atoms with Gasteiger partial charge in [-0.05, 0) is 48.6 Å². The summed E-state index contributed by atoms with van der Waals surface area (Å²) in [5.74, 6) is -1.72. The van der Waals surface area contributed by atoms with Crippen LogP contribution in [0.5, 0.6) is 23.0 Å². The van der Waals surface area contributed by atoms with E-state index in [1.165, 1.54) is 48.6 Å². The predicted octanol–water partition coefficient (Wildman–Crippen LogP) is -13.3. The third-order valence-electron chi connectivity index (χ3n) is 4.94. The summed E-state index contributed by atoms with van der Waals surface area (Å²) in [5.41, 5.74) is 0. The average molecular weight is 1160 g/mol. The van der Waals surface area contributed by atoms with Crippen molar-refractivity contribution in [1.82, 2.24) is 0 Å². The van der Waals surface area contributed by atoms with Gasteiger partial charge in [-0.3, -0.25) is 9.59 Å². The summed E-state index contributed by atoms with van der Waals surface area (Å²) in [6.45, 7) is 7.37. The number of ketones is 2. The maximum absolute atomic E-state index is 10.8. The molecule has 0 aromatic heterocycles. The second-order valence-corrected chi connectivity index (χ2v) is 19.6. The standard InChI is InChI=1S/C14H20O8S6.C6H6O2.C6H4O2.C2H6O3S2.CH4.5Na.2O3S/c1-3-23-11-9(15)13(25-5-7-27(17,18)19)14(10(16)12(11)24-4-2)26-6-8-28(20,21)22;2*7-5-1-2-6(8)4-3-5;3-7(4,5)2-1-6;;;;;;;2*1-4(2)3/h15-16H,1-8H2,(H,17,18,19)(H,20,21,22);1-4,7-8H;1-4H;6H,1-2H2,(H,3,4,5);1H4;;;;;;;/q-2;;;;;5*+1;;/p-3. The van der Waals surface area contributed by atoms with Gasteiger partial charge in [-0.15, -0.1) is 60.3 Å². The maximum atomic E-state index is 10.8. The fourth-order valence-corrected chi connectivity index (χ4v) is 9.58. The van der Waals surface area contributed by atoms with E-state index in [0.717, 1.165) is 47.0 Å². The number of rotatable bonds is 14. The number of benzene rings is 2. The van der Waals surface area contributed by atoms with Crippen molar-refractivity contribution in [1.29, 1.82) is 0 Å². The van der Waals surface area contributed by atoms with E-state index in [2.05, 4.69) is 26.5 Å². The summed E-state index contributed by atoms with van der Waals surface area (Å²) >= 11 is 7.53. The Bertz CT molecular complexity index is 2130. The molecule has 0 bridgehead atoms. The van der Waals surface area contributed by atoms with Gasteiger partial charge in [0.05, 0.1) is 49.9 Å². The van der Waals surface area contributed by atoms with E-state index in [1.807, 2.05) is 0 Å². The molecule has 344 valence electrons. The number of phenolic OH excluding ortho intramolecular Hbond substituents is 4. The molecule has 0 saturated carbocycles. The molecule has 0 atom stereocenters. The van der Waals surface area contributed by atoms with Gasteiger partial charge in [0.15, 0.2) is 11.6 Å². The van der Waals surface area contributed by atoms with Crippen molar-refractivity contribution in [3.05, 3.63) is 62.4 Å².